The molecule has 7 heteroatoms. The molecule has 5 nitrogen and oxygen atoms in total. The zero-order valence-electron chi connectivity index (χ0n) is 15.7. The topological polar surface area (TPSA) is 64.1 Å². The molecule has 1 unspecified atom stereocenters. The number of carbonyl (C=O) groups excluding carboxylic acids is 1. The number of aromatic nitrogens is 2. The van der Waals surface area contributed by atoms with Crippen molar-refractivity contribution in [2.75, 3.05) is 17.7 Å². The Morgan fingerprint density at radius 1 is 1.11 bits per heavy atom. The molecule has 2 aromatic carbocycles. The molecule has 0 saturated heterocycles. The van der Waals surface area contributed by atoms with Crippen molar-refractivity contribution in [3.63, 3.8) is 0 Å². The number of nitrogens with one attached hydrogen (secondary N) is 1. The average molecular weight is 414 g/mol. The first-order chi connectivity index (χ1) is 13.8. The fraction of sp³-hybridized carbons (Fsp3) is 0.286. The lowest BCUT2D eigenvalue weighted by Crippen LogP contribution is -2.20. The van der Waals surface area contributed by atoms with Crippen molar-refractivity contribution in [3.05, 3.63) is 66.2 Å². The Kier molecular flexibility index (Phi) is 7.87. The summed E-state index contributed by atoms with van der Waals surface area (Å²) in [6, 6.07) is 19.6. The molecular weight excluding hydrogens is 390 g/mol. The van der Waals surface area contributed by atoms with Gasteiger partial charge in [-0.05, 0) is 30.5 Å². The molecule has 1 N–H and O–H groups in total. The lowest BCUT2D eigenvalue weighted by Gasteiger charge is -2.13. The van der Waals surface area contributed by atoms with Crippen molar-refractivity contribution < 1.29 is 9.53 Å². The summed E-state index contributed by atoms with van der Waals surface area (Å²) in [5.74, 6) is 1.54. The van der Waals surface area contributed by atoms with Gasteiger partial charge >= 0.3 is 0 Å². The second-order valence-electron chi connectivity index (χ2n) is 6.10. The second-order valence-corrected chi connectivity index (χ2v) is 8.42. The van der Waals surface area contributed by atoms with Gasteiger partial charge in [-0.2, -0.15) is 0 Å². The fourth-order valence-corrected chi connectivity index (χ4v) is 4.43. The number of ether oxygens (including phenoxy) is 1. The molecule has 0 fully saturated rings. The Hall–Kier alpha value is -2.38. The Labute approximate surface area is 173 Å². The summed E-state index contributed by atoms with van der Waals surface area (Å²) in [4.78, 5) is 12.6. The normalized spacial score (nSPS) is 11.8. The first kappa shape index (κ1) is 20.4. The van der Waals surface area contributed by atoms with Gasteiger partial charge in [-0.15, -0.1) is 10.2 Å². The summed E-state index contributed by atoms with van der Waals surface area (Å²) in [6.07, 6.45) is 1.64. The standard InChI is InChI=1S/C21H23N3O2S2/c1-2-18(16-10-5-3-6-11-16)19(25)22-20-23-24-21(28-20)27-15-9-14-26-17-12-7-4-8-13-17/h3-8,10-13,18H,2,9,14-15H2,1H3,(H,22,23,25). The third-order valence-corrected chi connectivity index (χ3v) is 6.15. The fourth-order valence-electron chi connectivity index (χ4n) is 2.69. The van der Waals surface area contributed by atoms with E-state index in [9.17, 15) is 4.79 Å². The minimum atomic E-state index is -0.184. The molecule has 1 amide bonds. The number of hydrogen-bond acceptors (Lipinski definition) is 6. The lowest BCUT2D eigenvalue weighted by atomic mass is 9.96. The molecule has 1 atom stereocenters. The molecular formula is C21H23N3O2S2. The van der Waals surface area contributed by atoms with Crippen LogP contribution < -0.4 is 10.1 Å². The van der Waals surface area contributed by atoms with Gasteiger partial charge in [0.25, 0.3) is 0 Å². The molecule has 28 heavy (non-hydrogen) atoms. The number of hydrogen-bond donors (Lipinski definition) is 1. The second kappa shape index (κ2) is 10.8. The van der Waals surface area contributed by atoms with Gasteiger partial charge in [0, 0.05) is 5.75 Å². The minimum Gasteiger partial charge on any atom is -0.494 e. The highest BCUT2D eigenvalue weighted by atomic mass is 32.2. The van der Waals surface area contributed by atoms with Crippen LogP contribution in [0.15, 0.2) is 65.0 Å². The van der Waals surface area contributed by atoms with Crippen LogP contribution in [-0.2, 0) is 4.79 Å². The van der Waals surface area contributed by atoms with E-state index in [1.54, 1.807) is 11.8 Å². The van der Waals surface area contributed by atoms with Crippen LogP contribution in [0.25, 0.3) is 0 Å². The summed E-state index contributed by atoms with van der Waals surface area (Å²) in [5.41, 5.74) is 1.01. The number of anilines is 1. The van der Waals surface area contributed by atoms with Crippen molar-refractivity contribution in [3.8, 4) is 5.75 Å². The first-order valence-corrected chi connectivity index (χ1v) is 11.1. The van der Waals surface area contributed by atoms with Crippen molar-refractivity contribution in [1.29, 1.82) is 0 Å². The van der Waals surface area contributed by atoms with Gasteiger partial charge in [0.1, 0.15) is 5.75 Å². The molecule has 0 saturated carbocycles. The molecule has 0 aliphatic carbocycles. The maximum absolute atomic E-state index is 12.6. The van der Waals surface area contributed by atoms with Crippen molar-refractivity contribution in [1.82, 2.24) is 10.2 Å². The monoisotopic (exact) mass is 413 g/mol. The Balaban J connectivity index is 1.42. The molecule has 0 aliphatic heterocycles. The zero-order chi connectivity index (χ0) is 19.6. The highest BCUT2D eigenvalue weighted by Gasteiger charge is 2.20. The van der Waals surface area contributed by atoms with Gasteiger partial charge in [-0.25, -0.2) is 0 Å². The van der Waals surface area contributed by atoms with Crippen LogP contribution in [0.1, 0.15) is 31.2 Å². The summed E-state index contributed by atoms with van der Waals surface area (Å²) in [7, 11) is 0. The van der Waals surface area contributed by atoms with Crippen molar-refractivity contribution >= 4 is 34.1 Å². The molecule has 0 aliphatic rings. The molecule has 0 radical (unpaired) electrons. The number of carbonyl (C=O) groups is 1. The number of benzene rings is 2. The average Bonchev–Trinajstić information content (AvgIpc) is 3.17. The van der Waals surface area contributed by atoms with Gasteiger partial charge in [-0.1, -0.05) is 78.6 Å². The van der Waals surface area contributed by atoms with Gasteiger partial charge in [0.15, 0.2) is 4.34 Å². The summed E-state index contributed by atoms with van der Waals surface area (Å²) in [5, 5.41) is 11.7. The van der Waals surface area contributed by atoms with Crippen molar-refractivity contribution in [2.45, 2.75) is 30.0 Å². The number of thioether (sulfide) groups is 1. The van der Waals surface area contributed by atoms with Gasteiger partial charge in [0.2, 0.25) is 11.0 Å². The van der Waals surface area contributed by atoms with Crippen LogP contribution in [0, 0.1) is 0 Å². The number of para-hydroxylation sites is 1. The Morgan fingerprint density at radius 3 is 2.54 bits per heavy atom. The summed E-state index contributed by atoms with van der Waals surface area (Å²) >= 11 is 3.03. The summed E-state index contributed by atoms with van der Waals surface area (Å²) in [6.45, 7) is 2.67. The van der Waals surface area contributed by atoms with Crippen molar-refractivity contribution in [2.24, 2.45) is 0 Å². The van der Waals surface area contributed by atoms with E-state index in [1.165, 1.54) is 11.3 Å². The van der Waals surface area contributed by atoms with E-state index < -0.39 is 0 Å². The predicted molar refractivity (Wildman–Crippen MR) is 115 cm³/mol. The van der Waals surface area contributed by atoms with E-state index >= 15 is 0 Å². The zero-order valence-corrected chi connectivity index (χ0v) is 17.3. The third kappa shape index (κ3) is 6.07. The van der Waals surface area contributed by atoms with Gasteiger partial charge < -0.3 is 4.74 Å². The van der Waals surface area contributed by atoms with Crippen LogP contribution in [0.4, 0.5) is 5.13 Å². The van der Waals surface area contributed by atoms with E-state index in [0.717, 1.165) is 34.2 Å². The highest BCUT2D eigenvalue weighted by molar-refractivity contribution is 8.01. The number of amides is 1. The van der Waals surface area contributed by atoms with Crippen LogP contribution in [-0.4, -0.2) is 28.5 Å². The minimum absolute atomic E-state index is 0.0438. The maximum atomic E-state index is 12.6. The van der Waals surface area contributed by atoms with E-state index in [2.05, 4.69) is 15.5 Å². The smallest absolute Gasteiger partial charge is 0.233 e. The van der Waals surface area contributed by atoms with E-state index in [4.69, 9.17) is 4.74 Å². The van der Waals surface area contributed by atoms with Crippen LogP contribution in [0.5, 0.6) is 5.75 Å². The molecule has 1 heterocycles. The predicted octanol–water partition coefficient (Wildman–Crippen LogP) is 5.23. The van der Waals surface area contributed by atoms with E-state index in [1.807, 2.05) is 67.6 Å². The van der Waals surface area contributed by atoms with Crippen LogP contribution in [0.3, 0.4) is 0 Å². The van der Waals surface area contributed by atoms with Crippen LogP contribution in [0.2, 0.25) is 0 Å². The lowest BCUT2D eigenvalue weighted by molar-refractivity contribution is -0.117. The van der Waals surface area contributed by atoms with E-state index in [-0.39, 0.29) is 11.8 Å². The van der Waals surface area contributed by atoms with Crippen LogP contribution >= 0.6 is 23.1 Å². The quantitative estimate of drug-likeness (QED) is 0.280. The first-order valence-electron chi connectivity index (χ1n) is 9.26. The molecule has 146 valence electrons. The molecule has 0 bridgehead atoms. The molecule has 3 rings (SSSR count). The molecule has 1 aromatic heterocycles. The SMILES string of the molecule is CCC(C(=O)Nc1nnc(SCCCOc2ccccc2)s1)c1ccccc1. The van der Waals surface area contributed by atoms with Gasteiger partial charge in [0.05, 0.1) is 12.5 Å². The Bertz CT molecular complexity index is 856. The van der Waals surface area contributed by atoms with E-state index in [0.29, 0.717) is 11.7 Å². The third-order valence-electron chi connectivity index (χ3n) is 4.09. The molecule has 3 aromatic rings. The summed E-state index contributed by atoms with van der Waals surface area (Å²) < 4.78 is 6.53. The molecule has 0 spiro atoms. The maximum Gasteiger partial charge on any atom is 0.233 e. The number of rotatable bonds is 10. The highest BCUT2D eigenvalue weighted by Crippen LogP contribution is 2.28. The largest absolute Gasteiger partial charge is 0.494 e. The number of nitrogens with zero attached hydrogens (tertiary/aromatic N) is 2. The van der Waals surface area contributed by atoms with Gasteiger partial charge in [-0.3, -0.25) is 10.1 Å². The Morgan fingerprint density at radius 2 is 1.82 bits per heavy atom.